The Kier molecular flexibility index (Phi) is 3.97. The van der Waals surface area contributed by atoms with Crippen LogP contribution in [0.25, 0.3) is 0 Å². The van der Waals surface area contributed by atoms with Crippen LogP contribution in [0, 0.1) is 0 Å². The molecule has 3 heterocycles. The largest absolute Gasteiger partial charge is 0.348 e. The number of carbonyl (C=O) groups is 2. The fourth-order valence-corrected chi connectivity index (χ4v) is 3.74. The van der Waals surface area contributed by atoms with Gasteiger partial charge in [0.1, 0.15) is 5.82 Å². The van der Waals surface area contributed by atoms with Crippen LogP contribution in [0.5, 0.6) is 0 Å². The molecule has 6 heteroatoms. The molecule has 0 saturated carbocycles. The lowest BCUT2D eigenvalue weighted by molar-refractivity contribution is -0.119. The maximum absolute atomic E-state index is 12.2. The lowest BCUT2D eigenvalue weighted by Gasteiger charge is -2.35. The van der Waals surface area contributed by atoms with E-state index in [1.54, 1.807) is 12.3 Å². The van der Waals surface area contributed by atoms with Gasteiger partial charge in [-0.2, -0.15) is 0 Å². The second-order valence-corrected chi connectivity index (χ2v) is 6.70. The van der Waals surface area contributed by atoms with Gasteiger partial charge in [-0.15, -0.1) is 0 Å². The molecule has 1 aromatic heterocycles. The van der Waals surface area contributed by atoms with E-state index in [1.807, 2.05) is 25.2 Å². The van der Waals surface area contributed by atoms with Crippen molar-refractivity contribution in [2.24, 2.45) is 0 Å². The Bertz CT molecular complexity index is 821. The summed E-state index contributed by atoms with van der Waals surface area (Å²) >= 11 is 0. The number of hydrogen-bond donors (Lipinski definition) is 2. The minimum absolute atomic E-state index is 0.0534. The Morgan fingerprint density at radius 1 is 1.36 bits per heavy atom. The van der Waals surface area contributed by atoms with Gasteiger partial charge in [-0.05, 0) is 35.9 Å². The van der Waals surface area contributed by atoms with Crippen LogP contribution in [0.4, 0.5) is 5.82 Å². The maximum atomic E-state index is 12.2. The monoisotopic (exact) mass is 336 g/mol. The molecule has 2 aliphatic heterocycles. The second-order valence-electron chi connectivity index (χ2n) is 6.70. The average Bonchev–Trinajstić information content (AvgIpc) is 2.98. The van der Waals surface area contributed by atoms with Gasteiger partial charge in [0, 0.05) is 25.2 Å². The van der Waals surface area contributed by atoms with Gasteiger partial charge in [0.2, 0.25) is 11.8 Å². The van der Waals surface area contributed by atoms with Gasteiger partial charge in [-0.1, -0.05) is 24.3 Å². The fraction of sp³-hybridized carbons (Fsp3) is 0.316. The predicted octanol–water partition coefficient (Wildman–Crippen LogP) is 1.64. The van der Waals surface area contributed by atoms with E-state index in [0.29, 0.717) is 18.7 Å². The third-order valence-corrected chi connectivity index (χ3v) is 4.92. The zero-order valence-corrected chi connectivity index (χ0v) is 14.0. The molecular weight excluding hydrogens is 316 g/mol. The fourth-order valence-electron chi connectivity index (χ4n) is 3.74. The highest BCUT2D eigenvalue weighted by Crippen LogP contribution is 2.36. The van der Waals surface area contributed by atoms with Crippen molar-refractivity contribution >= 4 is 17.6 Å². The topological polar surface area (TPSA) is 74.3 Å². The average molecular weight is 336 g/mol. The first kappa shape index (κ1) is 15.8. The standard InChI is InChI=1S/C19H20N4O2/c1-23-11-13-8-12(9-17(24)21-16-4-2-3-7-20-16)5-6-14(13)19-15(23)10-18(25)22-19/h2-8,15,19H,9-11H2,1H3,(H,22,25)(H,20,21,24)/t15-,19-/m1/s1. The van der Waals surface area contributed by atoms with Crippen LogP contribution in [0.15, 0.2) is 42.6 Å². The molecule has 2 atom stereocenters. The van der Waals surface area contributed by atoms with E-state index in [0.717, 1.165) is 12.1 Å². The summed E-state index contributed by atoms with van der Waals surface area (Å²) in [6.07, 6.45) is 2.50. The first-order chi connectivity index (χ1) is 12.1. The van der Waals surface area contributed by atoms with Gasteiger partial charge in [-0.25, -0.2) is 4.98 Å². The molecule has 128 valence electrons. The molecule has 2 aliphatic rings. The number of amides is 2. The van der Waals surface area contributed by atoms with E-state index in [-0.39, 0.29) is 23.9 Å². The maximum Gasteiger partial charge on any atom is 0.229 e. The Labute approximate surface area is 146 Å². The first-order valence-electron chi connectivity index (χ1n) is 8.42. The molecule has 4 rings (SSSR count). The predicted molar refractivity (Wildman–Crippen MR) is 93.8 cm³/mol. The number of aromatic nitrogens is 1. The highest BCUT2D eigenvalue weighted by Gasteiger charge is 2.40. The minimum Gasteiger partial charge on any atom is -0.348 e. The van der Waals surface area contributed by atoms with E-state index < -0.39 is 0 Å². The van der Waals surface area contributed by atoms with Crippen LogP contribution in [0.2, 0.25) is 0 Å². The molecule has 2 amide bonds. The number of anilines is 1. The Balaban J connectivity index is 1.51. The van der Waals surface area contributed by atoms with Gasteiger partial charge in [0.25, 0.3) is 0 Å². The van der Waals surface area contributed by atoms with Gasteiger partial charge < -0.3 is 10.6 Å². The highest BCUT2D eigenvalue weighted by atomic mass is 16.2. The van der Waals surface area contributed by atoms with Crippen LogP contribution in [-0.2, 0) is 22.6 Å². The number of likely N-dealkylation sites (N-methyl/N-ethyl adjacent to an activating group) is 1. The summed E-state index contributed by atoms with van der Waals surface area (Å²) in [6.45, 7) is 0.793. The van der Waals surface area contributed by atoms with Gasteiger partial charge in [0.15, 0.2) is 0 Å². The molecule has 0 aliphatic carbocycles. The third-order valence-electron chi connectivity index (χ3n) is 4.92. The lowest BCUT2D eigenvalue weighted by atomic mass is 9.89. The molecule has 1 fully saturated rings. The molecule has 0 unspecified atom stereocenters. The molecule has 2 N–H and O–H groups in total. The molecule has 0 spiro atoms. The van der Waals surface area contributed by atoms with Crippen LogP contribution in [0.3, 0.4) is 0 Å². The zero-order chi connectivity index (χ0) is 17.4. The molecule has 1 saturated heterocycles. The molecule has 0 bridgehead atoms. The SMILES string of the molecule is CN1Cc2cc(CC(=O)Nc3ccccn3)ccc2[C@H]2NC(=O)C[C@H]21. The van der Waals surface area contributed by atoms with E-state index in [2.05, 4.69) is 32.7 Å². The molecule has 2 aromatic rings. The third kappa shape index (κ3) is 3.13. The number of rotatable bonds is 3. The van der Waals surface area contributed by atoms with Crippen LogP contribution < -0.4 is 10.6 Å². The summed E-state index contributed by atoms with van der Waals surface area (Å²) in [5.41, 5.74) is 3.31. The number of hydrogen-bond acceptors (Lipinski definition) is 4. The van der Waals surface area contributed by atoms with Gasteiger partial charge in [0.05, 0.1) is 12.5 Å². The summed E-state index contributed by atoms with van der Waals surface area (Å²) in [5, 5.41) is 5.87. The van der Waals surface area contributed by atoms with Crippen molar-refractivity contribution in [3.8, 4) is 0 Å². The van der Waals surface area contributed by atoms with E-state index in [9.17, 15) is 9.59 Å². The van der Waals surface area contributed by atoms with Crippen LogP contribution in [0.1, 0.15) is 29.2 Å². The van der Waals surface area contributed by atoms with Gasteiger partial charge >= 0.3 is 0 Å². The van der Waals surface area contributed by atoms with Crippen molar-refractivity contribution < 1.29 is 9.59 Å². The highest BCUT2D eigenvalue weighted by molar-refractivity contribution is 5.91. The van der Waals surface area contributed by atoms with Crippen molar-refractivity contribution in [2.75, 3.05) is 12.4 Å². The van der Waals surface area contributed by atoms with Gasteiger partial charge in [-0.3, -0.25) is 14.5 Å². The minimum atomic E-state index is -0.0881. The molecule has 0 radical (unpaired) electrons. The molecule has 25 heavy (non-hydrogen) atoms. The first-order valence-corrected chi connectivity index (χ1v) is 8.42. The summed E-state index contributed by atoms with van der Waals surface area (Å²) < 4.78 is 0. The lowest BCUT2D eigenvalue weighted by Crippen LogP contribution is -2.40. The van der Waals surface area contributed by atoms with E-state index in [1.165, 1.54) is 11.1 Å². The summed E-state index contributed by atoms with van der Waals surface area (Å²) in [4.78, 5) is 30.3. The number of pyridine rings is 1. The Morgan fingerprint density at radius 2 is 2.24 bits per heavy atom. The van der Waals surface area contributed by atoms with E-state index >= 15 is 0 Å². The van der Waals surface area contributed by atoms with Crippen LogP contribution >= 0.6 is 0 Å². The van der Waals surface area contributed by atoms with Crippen molar-refractivity contribution in [3.63, 3.8) is 0 Å². The number of carbonyl (C=O) groups excluding carboxylic acids is 2. The van der Waals surface area contributed by atoms with Crippen molar-refractivity contribution in [2.45, 2.75) is 31.5 Å². The number of fused-ring (bicyclic) bond motifs is 3. The summed E-state index contributed by atoms with van der Waals surface area (Å²) in [5.74, 6) is 0.574. The number of nitrogens with zero attached hydrogens (tertiary/aromatic N) is 2. The number of nitrogens with one attached hydrogen (secondary N) is 2. The summed E-state index contributed by atoms with van der Waals surface area (Å²) in [7, 11) is 2.04. The molecular formula is C19H20N4O2. The quantitative estimate of drug-likeness (QED) is 0.894. The zero-order valence-electron chi connectivity index (χ0n) is 14.0. The van der Waals surface area contributed by atoms with Crippen molar-refractivity contribution in [1.82, 2.24) is 15.2 Å². The van der Waals surface area contributed by atoms with Crippen molar-refractivity contribution in [1.29, 1.82) is 0 Å². The van der Waals surface area contributed by atoms with Crippen molar-refractivity contribution in [3.05, 3.63) is 59.3 Å². The summed E-state index contributed by atoms with van der Waals surface area (Å²) in [6, 6.07) is 11.8. The Hall–Kier alpha value is -2.73. The number of benzene rings is 1. The smallest absolute Gasteiger partial charge is 0.229 e. The molecule has 1 aromatic carbocycles. The van der Waals surface area contributed by atoms with E-state index in [4.69, 9.17) is 0 Å². The Morgan fingerprint density at radius 3 is 3.04 bits per heavy atom. The second kappa shape index (κ2) is 6.29. The normalized spacial score (nSPS) is 22.0. The van der Waals surface area contributed by atoms with Crippen LogP contribution in [-0.4, -0.2) is 34.8 Å². The molecule has 6 nitrogen and oxygen atoms in total.